The zero-order chi connectivity index (χ0) is 19.0. The van der Waals surface area contributed by atoms with Crippen molar-refractivity contribution >= 4 is 21.6 Å². The van der Waals surface area contributed by atoms with E-state index in [1.54, 1.807) is 23.1 Å². The first kappa shape index (κ1) is 18.0. The van der Waals surface area contributed by atoms with Crippen LogP contribution in [0.25, 0.3) is 0 Å². The fraction of sp³-hybridized carbons (Fsp3) is 0.350. The molecule has 7 heteroatoms. The monoisotopic (exact) mass is 385 g/mol. The number of carbonyl (C=O) groups is 1. The van der Waals surface area contributed by atoms with Gasteiger partial charge in [-0.05, 0) is 43.2 Å². The van der Waals surface area contributed by atoms with Crippen molar-refractivity contribution in [2.45, 2.75) is 24.3 Å². The third-order valence-electron chi connectivity index (χ3n) is 5.19. The van der Waals surface area contributed by atoms with E-state index in [2.05, 4.69) is 5.32 Å². The first-order valence-corrected chi connectivity index (χ1v) is 10.6. The van der Waals surface area contributed by atoms with Crippen LogP contribution in [0.3, 0.4) is 0 Å². The second-order valence-electron chi connectivity index (χ2n) is 7.05. The smallest absolute Gasteiger partial charge is 0.264 e. The molecule has 1 unspecified atom stereocenters. The molecule has 2 heterocycles. The van der Waals surface area contributed by atoms with Crippen LogP contribution in [0.4, 0.5) is 5.69 Å². The number of piperazine rings is 1. The summed E-state index contributed by atoms with van der Waals surface area (Å²) < 4.78 is 28.2. The lowest BCUT2D eigenvalue weighted by Gasteiger charge is -2.28. The van der Waals surface area contributed by atoms with Crippen LogP contribution in [-0.4, -0.2) is 51.4 Å². The minimum absolute atomic E-state index is 0.122. The third kappa shape index (κ3) is 3.21. The van der Waals surface area contributed by atoms with Crippen molar-refractivity contribution in [3.63, 3.8) is 0 Å². The highest BCUT2D eigenvalue weighted by molar-refractivity contribution is 7.92. The molecule has 4 rings (SSSR count). The largest absolute Gasteiger partial charge is 0.336 e. The van der Waals surface area contributed by atoms with Crippen molar-refractivity contribution in [3.05, 3.63) is 59.7 Å². The molecule has 1 saturated heterocycles. The number of para-hydroxylation sites is 1. The van der Waals surface area contributed by atoms with Crippen LogP contribution in [0.2, 0.25) is 0 Å². The van der Waals surface area contributed by atoms with Crippen LogP contribution in [0.5, 0.6) is 0 Å². The Bertz CT molecular complexity index is 968. The number of hydrogen-bond acceptors (Lipinski definition) is 4. The summed E-state index contributed by atoms with van der Waals surface area (Å²) in [5.74, 6) is -0.122. The number of carbonyl (C=O) groups excluding carboxylic acids is 1. The van der Waals surface area contributed by atoms with E-state index in [1.165, 1.54) is 10.4 Å². The second-order valence-corrected chi connectivity index (χ2v) is 8.87. The van der Waals surface area contributed by atoms with Gasteiger partial charge in [-0.1, -0.05) is 24.3 Å². The van der Waals surface area contributed by atoms with Crippen molar-refractivity contribution in [2.75, 3.05) is 30.5 Å². The maximum Gasteiger partial charge on any atom is 0.264 e. The van der Waals surface area contributed by atoms with Gasteiger partial charge in [0, 0.05) is 37.8 Å². The van der Waals surface area contributed by atoms with E-state index in [4.69, 9.17) is 0 Å². The van der Waals surface area contributed by atoms with Crippen LogP contribution in [0.15, 0.2) is 53.4 Å². The van der Waals surface area contributed by atoms with Crippen LogP contribution in [0, 0.1) is 0 Å². The molecule has 27 heavy (non-hydrogen) atoms. The maximum atomic E-state index is 13.3. The van der Waals surface area contributed by atoms with Gasteiger partial charge >= 0.3 is 0 Å². The van der Waals surface area contributed by atoms with E-state index in [0.29, 0.717) is 25.1 Å². The molecule has 0 aliphatic carbocycles. The Labute approximate surface area is 159 Å². The van der Waals surface area contributed by atoms with E-state index in [0.717, 1.165) is 24.3 Å². The fourth-order valence-electron chi connectivity index (χ4n) is 3.86. The fourth-order valence-corrected chi connectivity index (χ4v) is 5.60. The minimum Gasteiger partial charge on any atom is -0.336 e. The molecule has 0 spiro atoms. The molecule has 1 fully saturated rings. The first-order valence-electron chi connectivity index (χ1n) is 9.21. The highest BCUT2D eigenvalue weighted by atomic mass is 32.2. The highest BCUT2D eigenvalue weighted by Crippen LogP contribution is 2.36. The summed E-state index contributed by atoms with van der Waals surface area (Å²) in [6.45, 7) is 4.68. The molecule has 2 aliphatic heterocycles. The molecule has 0 aromatic heterocycles. The number of sulfonamides is 1. The first-order chi connectivity index (χ1) is 13.0. The lowest BCUT2D eigenvalue weighted by atomic mass is 10.1. The highest BCUT2D eigenvalue weighted by Gasteiger charge is 2.36. The number of benzene rings is 2. The average molecular weight is 385 g/mol. The molecule has 1 atom stereocenters. The van der Waals surface area contributed by atoms with Crippen molar-refractivity contribution in [1.29, 1.82) is 0 Å². The van der Waals surface area contributed by atoms with Gasteiger partial charge < -0.3 is 10.2 Å². The molecule has 0 bridgehead atoms. The Morgan fingerprint density at radius 1 is 1.07 bits per heavy atom. The molecule has 1 N–H and O–H groups in total. The van der Waals surface area contributed by atoms with Crippen LogP contribution < -0.4 is 9.62 Å². The molecular weight excluding hydrogens is 362 g/mol. The Morgan fingerprint density at radius 3 is 2.59 bits per heavy atom. The lowest BCUT2D eigenvalue weighted by Crippen LogP contribution is -2.46. The Kier molecular flexibility index (Phi) is 4.65. The molecule has 142 valence electrons. The molecule has 2 aliphatic rings. The normalized spacial score (nSPS) is 19.8. The summed E-state index contributed by atoms with van der Waals surface area (Å²) in [5.41, 5.74) is 2.17. The zero-order valence-electron chi connectivity index (χ0n) is 15.3. The summed E-state index contributed by atoms with van der Waals surface area (Å²) in [4.78, 5) is 14.7. The number of amides is 1. The van der Waals surface area contributed by atoms with Gasteiger partial charge in [0.1, 0.15) is 0 Å². The molecule has 2 aromatic carbocycles. The van der Waals surface area contributed by atoms with E-state index in [1.807, 2.05) is 31.2 Å². The molecule has 0 radical (unpaired) electrons. The zero-order valence-corrected chi connectivity index (χ0v) is 16.1. The predicted molar refractivity (Wildman–Crippen MR) is 104 cm³/mol. The summed E-state index contributed by atoms with van der Waals surface area (Å²) in [6, 6.07) is 13.8. The molecule has 2 aromatic rings. The predicted octanol–water partition coefficient (Wildman–Crippen LogP) is 1.87. The molecular formula is C20H23N3O3S. The summed E-state index contributed by atoms with van der Waals surface area (Å²) >= 11 is 0. The van der Waals surface area contributed by atoms with Gasteiger partial charge in [0.25, 0.3) is 15.9 Å². The molecule has 6 nitrogen and oxygen atoms in total. The molecule has 1 amide bonds. The van der Waals surface area contributed by atoms with E-state index in [9.17, 15) is 13.2 Å². The van der Waals surface area contributed by atoms with Crippen LogP contribution >= 0.6 is 0 Å². The average Bonchev–Trinajstić information content (AvgIpc) is 3.04. The van der Waals surface area contributed by atoms with Crippen molar-refractivity contribution < 1.29 is 13.2 Å². The third-order valence-corrected chi connectivity index (χ3v) is 7.11. The Morgan fingerprint density at radius 2 is 1.81 bits per heavy atom. The van der Waals surface area contributed by atoms with E-state index in [-0.39, 0.29) is 16.8 Å². The number of anilines is 1. The van der Waals surface area contributed by atoms with Crippen molar-refractivity contribution in [2.24, 2.45) is 0 Å². The van der Waals surface area contributed by atoms with Gasteiger partial charge in [-0.25, -0.2) is 8.42 Å². The summed E-state index contributed by atoms with van der Waals surface area (Å²) in [7, 11) is -3.74. The van der Waals surface area contributed by atoms with Gasteiger partial charge in [-0.2, -0.15) is 0 Å². The van der Waals surface area contributed by atoms with E-state index < -0.39 is 10.0 Å². The number of rotatable bonds is 3. The van der Waals surface area contributed by atoms with E-state index >= 15 is 0 Å². The van der Waals surface area contributed by atoms with Crippen LogP contribution in [0.1, 0.15) is 22.8 Å². The number of fused-ring (bicyclic) bond motifs is 1. The Hall–Kier alpha value is -2.38. The van der Waals surface area contributed by atoms with Gasteiger partial charge in [-0.3, -0.25) is 9.10 Å². The van der Waals surface area contributed by atoms with Gasteiger partial charge in [0.15, 0.2) is 0 Å². The maximum absolute atomic E-state index is 13.3. The van der Waals surface area contributed by atoms with Crippen molar-refractivity contribution in [3.8, 4) is 0 Å². The van der Waals surface area contributed by atoms with Gasteiger partial charge in [-0.15, -0.1) is 0 Å². The van der Waals surface area contributed by atoms with Crippen LogP contribution in [-0.2, 0) is 16.4 Å². The number of nitrogens with zero attached hydrogens (tertiary/aromatic N) is 2. The molecule has 0 saturated carbocycles. The minimum atomic E-state index is -3.74. The SMILES string of the molecule is CC1Cc2ccccc2N1S(=O)(=O)c1cccc(C(=O)N2CCNCC2)c1. The lowest BCUT2D eigenvalue weighted by molar-refractivity contribution is 0.0735. The second kappa shape index (κ2) is 6.98. The Balaban J connectivity index is 1.68. The quantitative estimate of drug-likeness (QED) is 0.876. The topological polar surface area (TPSA) is 69.7 Å². The number of hydrogen-bond donors (Lipinski definition) is 1. The van der Waals surface area contributed by atoms with Crippen molar-refractivity contribution in [1.82, 2.24) is 10.2 Å². The summed E-state index contributed by atoms with van der Waals surface area (Å²) in [6.07, 6.45) is 0.689. The summed E-state index contributed by atoms with van der Waals surface area (Å²) in [5, 5.41) is 3.21. The van der Waals surface area contributed by atoms with Gasteiger partial charge in [0.2, 0.25) is 0 Å². The number of nitrogens with one attached hydrogen (secondary N) is 1. The van der Waals surface area contributed by atoms with Gasteiger partial charge in [0.05, 0.1) is 10.6 Å². The standard InChI is InChI=1S/C20H23N3O3S/c1-15-13-16-5-2-3-8-19(16)23(15)27(25,26)18-7-4-6-17(14-18)20(24)22-11-9-21-10-12-22/h2-8,14-15,21H,9-13H2,1H3.